The lowest BCUT2D eigenvalue weighted by molar-refractivity contribution is -0.114. The Morgan fingerprint density at radius 1 is 1.00 bits per heavy atom. The first-order valence-electron chi connectivity index (χ1n) is 5.07. The molecule has 0 fully saturated rings. The van der Waals surface area contributed by atoms with Crippen molar-refractivity contribution in [3.63, 3.8) is 0 Å². The summed E-state index contributed by atoms with van der Waals surface area (Å²) in [6, 6.07) is 0. The average Bonchev–Trinajstić information content (AvgIpc) is 1.81. The smallest absolute Gasteiger partial charge is 0.126 e. The minimum atomic E-state index is 0.167. The Morgan fingerprint density at radius 2 is 1.00 bits per heavy atom. The van der Waals surface area contributed by atoms with Gasteiger partial charge < -0.3 is 10.2 Å². The SMILES string of the molecule is CC(C)=N.CC(C)=O.CC(C)=S.CCC. The third-order valence-corrected chi connectivity index (χ3v) is 0. The predicted molar refractivity (Wildman–Crippen MR) is 75.3 cm³/mol. The van der Waals surface area contributed by atoms with Gasteiger partial charge in [-0.05, 0) is 46.4 Å². The summed E-state index contributed by atoms with van der Waals surface area (Å²) in [6.07, 6.45) is 1.25. The number of rotatable bonds is 0. The van der Waals surface area contributed by atoms with Gasteiger partial charge >= 0.3 is 0 Å². The normalized spacial score (nSPS) is 6.40. The molecule has 0 rings (SSSR count). The van der Waals surface area contributed by atoms with Crippen molar-refractivity contribution in [2.24, 2.45) is 0 Å². The van der Waals surface area contributed by atoms with Crippen molar-refractivity contribution in [3.05, 3.63) is 0 Å². The van der Waals surface area contributed by atoms with E-state index in [2.05, 4.69) is 26.1 Å². The molecule has 0 aliphatic carbocycles. The van der Waals surface area contributed by atoms with Gasteiger partial charge in [-0.3, -0.25) is 0 Å². The van der Waals surface area contributed by atoms with E-state index in [1.807, 2.05) is 13.8 Å². The third-order valence-electron chi connectivity index (χ3n) is 0. The predicted octanol–water partition coefficient (Wildman–Crippen LogP) is 4.45. The van der Waals surface area contributed by atoms with Crippen LogP contribution in [-0.2, 0) is 4.79 Å². The number of thiocarbonyl (C=S) groups is 1. The van der Waals surface area contributed by atoms with Gasteiger partial charge in [0.2, 0.25) is 0 Å². The molecular weight excluding hydrogens is 206 g/mol. The van der Waals surface area contributed by atoms with Crippen LogP contribution in [0.5, 0.6) is 0 Å². The van der Waals surface area contributed by atoms with Crippen LogP contribution < -0.4 is 0 Å². The molecule has 0 aliphatic rings. The maximum atomic E-state index is 9.44. The number of Topliss-reactive ketones (excluding diaryl/α,β-unsaturated/α-hetero) is 1. The fourth-order valence-corrected chi connectivity index (χ4v) is 0. The molecular formula is C12H27NOS. The Balaban J connectivity index is -0.0000000542. The van der Waals surface area contributed by atoms with Crippen LogP contribution >= 0.6 is 12.2 Å². The van der Waals surface area contributed by atoms with Crippen LogP contribution in [0.15, 0.2) is 0 Å². The van der Waals surface area contributed by atoms with Crippen LogP contribution in [-0.4, -0.2) is 16.4 Å². The summed E-state index contributed by atoms with van der Waals surface area (Å²) in [5, 5.41) is 6.50. The number of hydrogen-bond acceptors (Lipinski definition) is 3. The number of carbonyl (C=O) groups excluding carboxylic acids is 1. The second-order valence-electron chi connectivity index (χ2n) is 3.52. The molecule has 0 aromatic rings. The first-order chi connectivity index (χ1) is 6.61. The third kappa shape index (κ3) is 5400. The lowest BCUT2D eigenvalue weighted by Crippen LogP contribution is -1.69. The minimum Gasteiger partial charge on any atom is -0.310 e. The highest BCUT2D eigenvalue weighted by atomic mass is 32.1. The van der Waals surface area contributed by atoms with Crippen LogP contribution in [0.1, 0.15) is 61.8 Å². The Morgan fingerprint density at radius 3 is 1.00 bits per heavy atom. The van der Waals surface area contributed by atoms with Crippen LogP contribution in [0.3, 0.4) is 0 Å². The van der Waals surface area contributed by atoms with Crippen molar-refractivity contribution >= 4 is 28.6 Å². The van der Waals surface area contributed by atoms with E-state index in [-0.39, 0.29) is 5.78 Å². The van der Waals surface area contributed by atoms with Gasteiger partial charge in [-0.15, -0.1) is 0 Å². The van der Waals surface area contributed by atoms with E-state index in [1.165, 1.54) is 20.3 Å². The van der Waals surface area contributed by atoms with Crippen molar-refractivity contribution in [3.8, 4) is 0 Å². The number of ketones is 1. The molecule has 0 aromatic carbocycles. The lowest BCUT2D eigenvalue weighted by Gasteiger charge is -1.63. The van der Waals surface area contributed by atoms with Crippen LogP contribution in [0, 0.1) is 5.41 Å². The average molecular weight is 233 g/mol. The summed E-state index contributed by atoms with van der Waals surface area (Å²) in [5.74, 6) is 0.167. The molecule has 0 heterocycles. The van der Waals surface area contributed by atoms with E-state index < -0.39 is 0 Å². The van der Waals surface area contributed by atoms with Gasteiger partial charge in [0.25, 0.3) is 0 Å². The molecule has 3 heteroatoms. The Bertz CT molecular complexity index is 124. The van der Waals surface area contributed by atoms with Crippen molar-refractivity contribution in [2.75, 3.05) is 0 Å². The summed E-state index contributed by atoms with van der Waals surface area (Å²) in [7, 11) is 0. The van der Waals surface area contributed by atoms with Crippen LogP contribution in [0.2, 0.25) is 0 Å². The highest BCUT2D eigenvalue weighted by molar-refractivity contribution is 7.80. The van der Waals surface area contributed by atoms with Gasteiger partial charge in [-0.25, -0.2) is 0 Å². The fourth-order valence-electron chi connectivity index (χ4n) is 0. The Hall–Kier alpha value is -0.570. The number of nitrogens with one attached hydrogen (secondary N) is 1. The Kier molecular flexibility index (Phi) is 37.2. The lowest BCUT2D eigenvalue weighted by atomic mass is 10.5. The van der Waals surface area contributed by atoms with Crippen LogP contribution in [0.4, 0.5) is 0 Å². The summed E-state index contributed by atoms with van der Waals surface area (Å²) >= 11 is 4.54. The number of hydrogen-bond donors (Lipinski definition) is 1. The summed E-state index contributed by atoms with van der Waals surface area (Å²) in [5.41, 5.74) is 0.667. The first-order valence-corrected chi connectivity index (χ1v) is 5.48. The van der Waals surface area contributed by atoms with Crippen LogP contribution in [0.25, 0.3) is 0 Å². The maximum Gasteiger partial charge on any atom is 0.126 e. The Labute approximate surface area is 101 Å². The second kappa shape index (κ2) is 23.3. The largest absolute Gasteiger partial charge is 0.310 e. The van der Waals surface area contributed by atoms with E-state index >= 15 is 0 Å². The molecule has 0 saturated carbocycles. The zero-order valence-electron chi connectivity index (χ0n) is 11.5. The van der Waals surface area contributed by atoms with E-state index in [0.29, 0.717) is 5.71 Å². The standard InChI is InChI=1S/C3H7N.C3H6O.C3H6S.C3H8/c3*1-3(2)4;1-3-2/h4H,1-2H3;2*1-2H3;3H2,1-2H3. The molecule has 0 saturated heterocycles. The molecule has 0 aromatic heterocycles. The number of carbonyl (C=O) groups is 1. The monoisotopic (exact) mass is 233 g/mol. The second-order valence-corrected chi connectivity index (χ2v) is 4.34. The summed E-state index contributed by atoms with van der Waals surface area (Å²) in [4.78, 5) is 10.4. The zero-order chi connectivity index (χ0) is 13.4. The van der Waals surface area contributed by atoms with Gasteiger partial charge in [0.15, 0.2) is 0 Å². The quantitative estimate of drug-likeness (QED) is 0.496. The van der Waals surface area contributed by atoms with Crippen molar-refractivity contribution in [1.29, 1.82) is 5.41 Å². The molecule has 0 radical (unpaired) electrons. The van der Waals surface area contributed by atoms with Crippen molar-refractivity contribution in [1.82, 2.24) is 0 Å². The zero-order valence-corrected chi connectivity index (χ0v) is 12.3. The highest BCUT2D eigenvalue weighted by Crippen LogP contribution is 1.61. The minimum absolute atomic E-state index is 0.167. The van der Waals surface area contributed by atoms with Gasteiger partial charge in [0.1, 0.15) is 5.78 Å². The maximum absolute atomic E-state index is 9.44. The van der Waals surface area contributed by atoms with Gasteiger partial charge in [-0.2, -0.15) is 0 Å². The van der Waals surface area contributed by atoms with Crippen molar-refractivity contribution in [2.45, 2.75) is 61.8 Å². The molecule has 1 N–H and O–H groups in total. The fraction of sp³-hybridized carbons (Fsp3) is 0.750. The first kappa shape index (κ1) is 23.9. The summed E-state index contributed by atoms with van der Waals surface area (Å²) < 4.78 is 0. The molecule has 0 atom stereocenters. The van der Waals surface area contributed by atoms with Crippen molar-refractivity contribution < 1.29 is 4.79 Å². The molecule has 0 bridgehead atoms. The van der Waals surface area contributed by atoms with Gasteiger partial charge in [-0.1, -0.05) is 32.5 Å². The topological polar surface area (TPSA) is 40.9 Å². The highest BCUT2D eigenvalue weighted by Gasteiger charge is 1.62. The molecule has 0 aliphatic heterocycles. The molecule has 2 nitrogen and oxygen atoms in total. The van der Waals surface area contributed by atoms with E-state index in [9.17, 15) is 4.79 Å². The van der Waals surface area contributed by atoms with Gasteiger partial charge in [0, 0.05) is 5.71 Å². The molecule has 15 heavy (non-hydrogen) atoms. The summed E-state index contributed by atoms with van der Waals surface area (Å²) in [6.45, 7) is 14.6. The molecule has 92 valence electrons. The van der Waals surface area contributed by atoms with E-state index in [0.717, 1.165) is 4.86 Å². The molecule has 0 spiro atoms. The van der Waals surface area contributed by atoms with E-state index in [4.69, 9.17) is 5.41 Å². The molecule has 0 amide bonds. The van der Waals surface area contributed by atoms with Gasteiger partial charge in [0.05, 0.1) is 0 Å². The van der Waals surface area contributed by atoms with E-state index in [1.54, 1.807) is 13.8 Å². The molecule has 0 unspecified atom stereocenters.